The summed E-state index contributed by atoms with van der Waals surface area (Å²) < 4.78 is 23.4. The number of piperazine rings is 1. The summed E-state index contributed by atoms with van der Waals surface area (Å²) in [6, 6.07) is 1.39. The van der Waals surface area contributed by atoms with Crippen molar-refractivity contribution in [3.8, 4) is 34.8 Å². The normalized spacial score (nSPS) is 24.3. The first-order valence-electron chi connectivity index (χ1n) is 16.0. The van der Waals surface area contributed by atoms with Crippen LogP contribution in [0.15, 0.2) is 6.07 Å². The highest BCUT2D eigenvalue weighted by Crippen LogP contribution is 2.58. The third-order valence-electron chi connectivity index (χ3n) is 10.1. The molecule has 2 bridgehead atoms. The summed E-state index contributed by atoms with van der Waals surface area (Å²) in [7, 11) is 3.48. The Morgan fingerprint density at radius 1 is 1.17 bits per heavy atom. The van der Waals surface area contributed by atoms with Gasteiger partial charge in [0.15, 0.2) is 23.0 Å². The van der Waals surface area contributed by atoms with E-state index >= 15 is 0 Å². The lowest BCUT2D eigenvalue weighted by Gasteiger charge is -2.60. The standard InChI is InChI=1S/C34H40ClN5O8/c1-15-9-19-10-21-23(12-36)40-22(28(39(21)5)26(19)29(43)30(15)45-6)11-20-27(24(40)13-37-34(44)17(3)38-25(42)7-8-35)33-32(46-14-47-33)16(2)31(20)48-18(4)41/h9,17,21-24,28,43H,7-8,10-11,13-14H2,1-6H3,(H,37,44)(H,38,42)/t17-,21+,22?,23-,24-,28+/m0/s1. The molecule has 1 unspecified atom stereocenters. The van der Waals surface area contributed by atoms with Crippen molar-refractivity contribution in [1.29, 1.82) is 5.26 Å². The molecule has 0 radical (unpaired) electrons. The third kappa shape index (κ3) is 5.36. The number of esters is 1. The molecule has 1 saturated heterocycles. The number of halogens is 1. The summed E-state index contributed by atoms with van der Waals surface area (Å²) in [6.07, 6.45) is 0.910. The number of alkyl halides is 1. The second kappa shape index (κ2) is 13.0. The zero-order valence-electron chi connectivity index (χ0n) is 27.8. The predicted octanol–water partition coefficient (Wildman–Crippen LogP) is 2.69. The van der Waals surface area contributed by atoms with E-state index in [2.05, 4.69) is 26.5 Å². The second-order valence-corrected chi connectivity index (χ2v) is 13.2. The van der Waals surface area contributed by atoms with Gasteiger partial charge in [0.05, 0.1) is 25.3 Å². The van der Waals surface area contributed by atoms with Crippen molar-refractivity contribution in [3.05, 3.63) is 39.4 Å². The molecule has 4 heterocycles. The number of fused-ring (bicyclic) bond motifs is 9. The number of phenols is 1. The van der Waals surface area contributed by atoms with Gasteiger partial charge in [-0.05, 0) is 51.8 Å². The van der Waals surface area contributed by atoms with Gasteiger partial charge in [0, 0.05) is 60.1 Å². The molecule has 2 aromatic carbocycles. The van der Waals surface area contributed by atoms with Crippen molar-refractivity contribution in [2.24, 2.45) is 0 Å². The molecule has 14 heteroatoms. The Morgan fingerprint density at radius 3 is 2.56 bits per heavy atom. The van der Waals surface area contributed by atoms with Gasteiger partial charge in [-0.1, -0.05) is 6.07 Å². The lowest BCUT2D eigenvalue weighted by atomic mass is 9.71. The van der Waals surface area contributed by atoms with E-state index < -0.39 is 42.1 Å². The van der Waals surface area contributed by atoms with E-state index in [-0.39, 0.29) is 43.3 Å². The molecule has 2 amide bonds. The molecule has 48 heavy (non-hydrogen) atoms. The topological polar surface area (TPSA) is 163 Å². The lowest BCUT2D eigenvalue weighted by Crippen LogP contribution is -2.69. The highest BCUT2D eigenvalue weighted by atomic mass is 35.5. The van der Waals surface area contributed by atoms with Crippen LogP contribution in [0.1, 0.15) is 65.7 Å². The Hall–Kier alpha value is -4.25. The largest absolute Gasteiger partial charge is 0.504 e. The number of nitrogens with one attached hydrogen (secondary N) is 2. The SMILES string of the molecule is COc1c(C)cc2c(c1O)[C@H]1C3Cc4c(OC(C)=O)c(C)c5c(c4[C@H](CNC(=O)[C@H](C)NC(=O)CCCl)N3[C@@H](C#N)[C@@H](C2)N1C)OCO5. The van der Waals surface area contributed by atoms with Crippen LogP contribution in [0.25, 0.3) is 0 Å². The quantitative estimate of drug-likeness (QED) is 0.213. The Labute approximate surface area is 284 Å². The van der Waals surface area contributed by atoms with Gasteiger partial charge in [-0.15, -0.1) is 11.6 Å². The summed E-state index contributed by atoms with van der Waals surface area (Å²) in [5.74, 6) is 0.549. The number of carbonyl (C=O) groups is 3. The fourth-order valence-corrected chi connectivity index (χ4v) is 8.30. The summed E-state index contributed by atoms with van der Waals surface area (Å²) >= 11 is 5.71. The van der Waals surface area contributed by atoms with Gasteiger partial charge >= 0.3 is 5.97 Å². The lowest BCUT2D eigenvalue weighted by molar-refractivity contribution is -0.132. The summed E-state index contributed by atoms with van der Waals surface area (Å²) in [5.41, 5.74) is 4.42. The Bertz CT molecular complexity index is 1730. The van der Waals surface area contributed by atoms with Crippen LogP contribution in [-0.2, 0) is 27.2 Å². The number of nitriles is 1. The van der Waals surface area contributed by atoms with E-state index in [0.717, 1.165) is 16.7 Å². The van der Waals surface area contributed by atoms with E-state index in [9.17, 15) is 24.8 Å². The minimum atomic E-state index is -0.849. The van der Waals surface area contributed by atoms with Gasteiger partial charge in [0.25, 0.3) is 0 Å². The van der Waals surface area contributed by atoms with Crippen molar-refractivity contribution in [3.63, 3.8) is 0 Å². The maximum Gasteiger partial charge on any atom is 0.308 e. The summed E-state index contributed by atoms with van der Waals surface area (Å²) in [4.78, 5) is 42.3. The first-order chi connectivity index (χ1) is 22.9. The number of ether oxygens (including phenoxy) is 4. The molecule has 0 saturated carbocycles. The van der Waals surface area contributed by atoms with Crippen molar-refractivity contribution in [2.75, 3.05) is 33.4 Å². The number of methoxy groups -OCH3 is 1. The number of rotatable bonds is 8. The number of hydrogen-bond acceptors (Lipinski definition) is 11. The van der Waals surface area contributed by atoms with Crippen LogP contribution in [0.3, 0.4) is 0 Å². The van der Waals surface area contributed by atoms with Crippen LogP contribution in [0.2, 0.25) is 0 Å². The number of amides is 2. The Balaban J connectivity index is 1.52. The molecule has 256 valence electrons. The zero-order valence-corrected chi connectivity index (χ0v) is 28.6. The van der Waals surface area contributed by atoms with Gasteiger partial charge in [0.2, 0.25) is 18.6 Å². The number of aryl methyl sites for hydroxylation is 1. The summed E-state index contributed by atoms with van der Waals surface area (Å²) in [6.45, 7) is 6.59. The Morgan fingerprint density at radius 2 is 1.90 bits per heavy atom. The molecule has 0 aromatic heterocycles. The molecule has 0 spiro atoms. The van der Waals surface area contributed by atoms with Crippen LogP contribution in [0.5, 0.6) is 28.7 Å². The monoisotopic (exact) mass is 681 g/mol. The number of likely N-dealkylation sites (N-methyl/N-ethyl adjacent to an activating group) is 1. The fourth-order valence-electron chi connectivity index (χ4n) is 8.13. The van der Waals surface area contributed by atoms with Crippen molar-refractivity contribution in [2.45, 2.75) is 83.2 Å². The van der Waals surface area contributed by atoms with Crippen molar-refractivity contribution in [1.82, 2.24) is 20.4 Å². The number of carbonyl (C=O) groups excluding carboxylic acids is 3. The van der Waals surface area contributed by atoms with E-state index in [1.165, 1.54) is 14.0 Å². The molecular weight excluding hydrogens is 642 g/mol. The number of benzene rings is 2. The molecule has 6 rings (SSSR count). The second-order valence-electron chi connectivity index (χ2n) is 12.8. The number of phenolic OH excluding ortho intramolecular Hbond substituents is 1. The van der Waals surface area contributed by atoms with E-state index in [0.29, 0.717) is 52.5 Å². The molecule has 4 aliphatic rings. The highest BCUT2D eigenvalue weighted by Gasteiger charge is 2.57. The molecule has 0 aliphatic carbocycles. The van der Waals surface area contributed by atoms with E-state index in [1.54, 1.807) is 13.8 Å². The van der Waals surface area contributed by atoms with Gasteiger partial charge in [-0.2, -0.15) is 5.26 Å². The van der Waals surface area contributed by atoms with E-state index in [4.69, 9.17) is 30.5 Å². The molecule has 1 fully saturated rings. The van der Waals surface area contributed by atoms with Crippen LogP contribution in [-0.4, -0.2) is 90.2 Å². The van der Waals surface area contributed by atoms with Gasteiger partial charge in [-0.25, -0.2) is 0 Å². The van der Waals surface area contributed by atoms with Gasteiger partial charge in [-0.3, -0.25) is 24.2 Å². The summed E-state index contributed by atoms with van der Waals surface area (Å²) in [5, 5.41) is 28.2. The molecule has 6 atom stereocenters. The Kier molecular flexibility index (Phi) is 9.10. The third-order valence-corrected chi connectivity index (χ3v) is 10.3. The first kappa shape index (κ1) is 33.6. The zero-order chi connectivity index (χ0) is 34.6. The van der Waals surface area contributed by atoms with Crippen LogP contribution in [0.4, 0.5) is 0 Å². The van der Waals surface area contributed by atoms with Gasteiger partial charge < -0.3 is 34.7 Å². The first-order valence-corrected chi connectivity index (χ1v) is 16.5. The average molecular weight is 682 g/mol. The molecule has 4 aliphatic heterocycles. The molecule has 2 aromatic rings. The highest BCUT2D eigenvalue weighted by molar-refractivity contribution is 6.19. The minimum Gasteiger partial charge on any atom is -0.504 e. The van der Waals surface area contributed by atoms with Crippen LogP contribution in [0, 0.1) is 25.2 Å². The molecule has 3 N–H and O–H groups in total. The van der Waals surface area contributed by atoms with Crippen molar-refractivity contribution >= 4 is 29.4 Å². The fraction of sp³-hybridized carbons (Fsp3) is 0.529. The number of hydrogen-bond donors (Lipinski definition) is 3. The number of aromatic hydroxyl groups is 1. The maximum absolute atomic E-state index is 13.4. The van der Waals surface area contributed by atoms with Crippen LogP contribution < -0.4 is 29.6 Å². The van der Waals surface area contributed by atoms with Crippen LogP contribution >= 0.6 is 11.6 Å². The smallest absolute Gasteiger partial charge is 0.308 e. The minimum absolute atomic E-state index is 0.0355. The predicted molar refractivity (Wildman–Crippen MR) is 173 cm³/mol. The van der Waals surface area contributed by atoms with Crippen molar-refractivity contribution < 1.29 is 38.4 Å². The molecular formula is C34H40ClN5O8. The molecule has 13 nitrogen and oxygen atoms in total. The maximum atomic E-state index is 13.4. The van der Waals surface area contributed by atoms with Gasteiger partial charge in [0.1, 0.15) is 17.8 Å². The number of nitrogens with zero attached hydrogens (tertiary/aromatic N) is 3. The average Bonchev–Trinajstić information content (AvgIpc) is 3.52. The van der Waals surface area contributed by atoms with E-state index in [1.807, 2.05) is 20.0 Å².